The number of carboxylic acid groups (broad SMARTS) is 2. The van der Waals surface area contributed by atoms with Crippen LogP contribution < -0.4 is 0 Å². The Hall–Kier alpha value is -1.06. The second-order valence-electron chi connectivity index (χ2n) is 3.53. The maximum Gasteiger partial charge on any atom is 0.303 e. The van der Waals surface area contributed by atoms with Gasteiger partial charge in [-0.3, -0.25) is 9.59 Å². The van der Waals surface area contributed by atoms with Crippen molar-refractivity contribution in [3.05, 3.63) is 0 Å². The van der Waals surface area contributed by atoms with E-state index in [1.54, 1.807) is 0 Å². The summed E-state index contributed by atoms with van der Waals surface area (Å²) in [6, 6.07) is 0. The average Bonchev–Trinajstić information content (AvgIpc) is 1.96. The van der Waals surface area contributed by atoms with Crippen LogP contribution in [0.3, 0.4) is 0 Å². The summed E-state index contributed by atoms with van der Waals surface area (Å²) in [7, 11) is 0. The van der Waals surface area contributed by atoms with Gasteiger partial charge in [0.25, 0.3) is 0 Å². The van der Waals surface area contributed by atoms with Crippen LogP contribution in [0.25, 0.3) is 0 Å². The van der Waals surface area contributed by atoms with Gasteiger partial charge in [0.1, 0.15) is 0 Å². The van der Waals surface area contributed by atoms with Crippen LogP contribution in [0.1, 0.15) is 33.1 Å². The highest BCUT2D eigenvalue weighted by Crippen LogP contribution is 2.20. The first-order valence-corrected chi connectivity index (χ1v) is 4.37. The molecule has 0 radical (unpaired) electrons. The summed E-state index contributed by atoms with van der Waals surface area (Å²) in [5.74, 6) is -1.54. The number of carbonyl (C=O) groups is 2. The Morgan fingerprint density at radius 1 is 1.15 bits per heavy atom. The van der Waals surface area contributed by atoms with Crippen LogP contribution in [0, 0.1) is 11.8 Å². The molecule has 0 aromatic rings. The van der Waals surface area contributed by atoms with E-state index in [-0.39, 0.29) is 24.7 Å². The maximum atomic E-state index is 10.4. The van der Waals surface area contributed by atoms with Gasteiger partial charge < -0.3 is 10.2 Å². The molecule has 0 aliphatic heterocycles. The third-order valence-corrected chi connectivity index (χ3v) is 2.11. The molecule has 0 fully saturated rings. The molecule has 0 heterocycles. The Bertz CT molecular complexity index is 186. The fourth-order valence-electron chi connectivity index (χ4n) is 1.20. The molecule has 0 aliphatic carbocycles. The molecule has 1 unspecified atom stereocenters. The van der Waals surface area contributed by atoms with E-state index in [1.165, 1.54) is 0 Å². The zero-order chi connectivity index (χ0) is 10.4. The predicted octanol–water partition coefficient (Wildman–Crippen LogP) is 1.60. The molecule has 0 spiro atoms. The highest BCUT2D eigenvalue weighted by atomic mass is 16.4. The van der Waals surface area contributed by atoms with Crippen molar-refractivity contribution in [3.63, 3.8) is 0 Å². The first-order chi connectivity index (χ1) is 5.93. The van der Waals surface area contributed by atoms with Crippen molar-refractivity contribution in [2.45, 2.75) is 33.1 Å². The van der Waals surface area contributed by atoms with E-state index in [0.29, 0.717) is 6.42 Å². The van der Waals surface area contributed by atoms with E-state index in [1.807, 2.05) is 13.8 Å². The largest absolute Gasteiger partial charge is 0.481 e. The van der Waals surface area contributed by atoms with E-state index in [4.69, 9.17) is 10.2 Å². The predicted molar refractivity (Wildman–Crippen MR) is 47.5 cm³/mol. The summed E-state index contributed by atoms with van der Waals surface area (Å²) >= 11 is 0. The van der Waals surface area contributed by atoms with Gasteiger partial charge in [-0.15, -0.1) is 0 Å². The molecule has 0 saturated heterocycles. The molecule has 76 valence electrons. The Labute approximate surface area is 77.6 Å². The smallest absolute Gasteiger partial charge is 0.303 e. The summed E-state index contributed by atoms with van der Waals surface area (Å²) in [6.07, 6.45) is 0.556. The Morgan fingerprint density at radius 2 is 1.69 bits per heavy atom. The minimum Gasteiger partial charge on any atom is -0.481 e. The van der Waals surface area contributed by atoms with Crippen LogP contribution in [0.4, 0.5) is 0 Å². The summed E-state index contributed by atoms with van der Waals surface area (Å²) in [6.45, 7) is 3.82. The number of carboxylic acids is 2. The molecule has 13 heavy (non-hydrogen) atoms. The van der Waals surface area contributed by atoms with Gasteiger partial charge in [0.15, 0.2) is 0 Å². The number of rotatable bonds is 6. The van der Waals surface area contributed by atoms with Crippen molar-refractivity contribution < 1.29 is 19.8 Å². The van der Waals surface area contributed by atoms with Crippen molar-refractivity contribution in [1.82, 2.24) is 0 Å². The Balaban J connectivity index is 3.95. The van der Waals surface area contributed by atoms with Crippen LogP contribution in [0.2, 0.25) is 0 Å². The van der Waals surface area contributed by atoms with E-state index in [0.717, 1.165) is 0 Å². The van der Waals surface area contributed by atoms with Gasteiger partial charge >= 0.3 is 11.9 Å². The van der Waals surface area contributed by atoms with Crippen molar-refractivity contribution in [1.29, 1.82) is 0 Å². The minimum absolute atomic E-state index is 0.0337. The van der Waals surface area contributed by atoms with Crippen molar-refractivity contribution in [2.75, 3.05) is 0 Å². The molecule has 0 bridgehead atoms. The summed E-state index contributed by atoms with van der Waals surface area (Å²) < 4.78 is 0. The lowest BCUT2D eigenvalue weighted by atomic mass is 9.88. The second-order valence-corrected chi connectivity index (χ2v) is 3.53. The van der Waals surface area contributed by atoms with Crippen molar-refractivity contribution >= 4 is 11.9 Å². The Kier molecular flexibility index (Phi) is 5.11. The van der Waals surface area contributed by atoms with Crippen LogP contribution in [0.5, 0.6) is 0 Å². The highest BCUT2D eigenvalue weighted by Gasteiger charge is 2.17. The second kappa shape index (κ2) is 5.56. The van der Waals surface area contributed by atoms with E-state index in [2.05, 4.69) is 0 Å². The van der Waals surface area contributed by atoms with Gasteiger partial charge in [-0.25, -0.2) is 0 Å². The highest BCUT2D eigenvalue weighted by molar-refractivity contribution is 5.68. The zero-order valence-electron chi connectivity index (χ0n) is 7.99. The fraction of sp³-hybridized carbons (Fsp3) is 0.778. The standard InChI is InChI=1S/C9H16O4/c1-6(2)7(5-9(12)13)3-4-8(10)11/h6-7H,3-5H2,1-2H3,(H,10,11)(H,12,13). The lowest BCUT2D eigenvalue weighted by molar-refractivity contribution is -0.140. The Morgan fingerprint density at radius 3 is 2.00 bits per heavy atom. The quantitative estimate of drug-likeness (QED) is 0.663. The molecule has 0 rings (SSSR count). The molecule has 4 nitrogen and oxygen atoms in total. The van der Waals surface area contributed by atoms with Gasteiger partial charge in [0.2, 0.25) is 0 Å². The topological polar surface area (TPSA) is 74.6 Å². The summed E-state index contributed by atoms with van der Waals surface area (Å²) in [5.41, 5.74) is 0. The average molecular weight is 188 g/mol. The first kappa shape index (κ1) is 11.9. The minimum atomic E-state index is -0.865. The van der Waals surface area contributed by atoms with Gasteiger partial charge in [0, 0.05) is 12.8 Å². The summed E-state index contributed by atoms with van der Waals surface area (Å²) in [5, 5.41) is 17.0. The van der Waals surface area contributed by atoms with Gasteiger partial charge in [-0.2, -0.15) is 0 Å². The molecule has 0 aliphatic rings. The molecular weight excluding hydrogens is 172 g/mol. The maximum absolute atomic E-state index is 10.4. The molecular formula is C9H16O4. The molecule has 0 saturated carbocycles. The van der Waals surface area contributed by atoms with Gasteiger partial charge in [-0.05, 0) is 18.3 Å². The third kappa shape index (κ3) is 6.13. The van der Waals surface area contributed by atoms with Crippen molar-refractivity contribution in [3.8, 4) is 0 Å². The van der Waals surface area contributed by atoms with Crippen LogP contribution in [-0.2, 0) is 9.59 Å². The number of aliphatic carboxylic acids is 2. The molecule has 2 N–H and O–H groups in total. The van der Waals surface area contributed by atoms with Crippen LogP contribution >= 0.6 is 0 Å². The van der Waals surface area contributed by atoms with E-state index >= 15 is 0 Å². The lowest BCUT2D eigenvalue weighted by Crippen LogP contribution is -2.15. The van der Waals surface area contributed by atoms with Gasteiger partial charge in [-0.1, -0.05) is 13.8 Å². The molecule has 4 heteroatoms. The monoisotopic (exact) mass is 188 g/mol. The molecule has 0 aromatic carbocycles. The number of hydrogen-bond acceptors (Lipinski definition) is 2. The van der Waals surface area contributed by atoms with E-state index in [9.17, 15) is 9.59 Å². The van der Waals surface area contributed by atoms with Crippen molar-refractivity contribution in [2.24, 2.45) is 11.8 Å². The van der Waals surface area contributed by atoms with Gasteiger partial charge in [0.05, 0.1) is 0 Å². The SMILES string of the molecule is CC(C)C(CCC(=O)O)CC(=O)O. The first-order valence-electron chi connectivity index (χ1n) is 4.37. The lowest BCUT2D eigenvalue weighted by Gasteiger charge is -2.17. The molecule has 0 aromatic heterocycles. The zero-order valence-corrected chi connectivity index (χ0v) is 7.99. The normalized spacial score (nSPS) is 12.8. The fourth-order valence-corrected chi connectivity index (χ4v) is 1.20. The molecule has 0 amide bonds. The van der Waals surface area contributed by atoms with Crippen LogP contribution in [-0.4, -0.2) is 22.2 Å². The van der Waals surface area contributed by atoms with E-state index < -0.39 is 11.9 Å². The van der Waals surface area contributed by atoms with Crippen LogP contribution in [0.15, 0.2) is 0 Å². The molecule has 1 atom stereocenters. The third-order valence-electron chi connectivity index (χ3n) is 2.11. The summed E-state index contributed by atoms with van der Waals surface area (Å²) in [4.78, 5) is 20.7. The number of hydrogen-bond donors (Lipinski definition) is 2.